The van der Waals surface area contributed by atoms with Crippen molar-refractivity contribution in [2.45, 2.75) is 66.3 Å². The molecule has 4 heteroatoms. The quantitative estimate of drug-likeness (QED) is 0.750. The maximum atomic E-state index is 11.2. The maximum absolute atomic E-state index is 11.2. The molecular formula is C13H29NO3. The molecule has 0 aliphatic carbocycles. The monoisotopic (exact) mass is 247 g/mol. The summed E-state index contributed by atoms with van der Waals surface area (Å²) in [6.45, 7) is 6.91. The van der Waals surface area contributed by atoms with Crippen molar-refractivity contribution in [1.82, 2.24) is 5.32 Å². The van der Waals surface area contributed by atoms with Gasteiger partial charge in [-0.25, -0.2) is 0 Å². The number of rotatable bonds is 4. The van der Waals surface area contributed by atoms with Crippen LogP contribution < -0.4 is 5.32 Å². The van der Waals surface area contributed by atoms with Gasteiger partial charge in [0.25, 0.3) is 6.47 Å². The number of hydrogen-bond acceptors (Lipinski definition) is 3. The third-order valence-corrected chi connectivity index (χ3v) is 2.17. The molecule has 1 saturated heterocycles. The minimum atomic E-state index is -0.250. The Bertz CT molecular complexity index is 166. The van der Waals surface area contributed by atoms with E-state index in [4.69, 9.17) is 9.90 Å². The van der Waals surface area contributed by atoms with Gasteiger partial charge in [0.15, 0.2) is 0 Å². The number of ketones is 1. The van der Waals surface area contributed by atoms with E-state index < -0.39 is 0 Å². The third kappa shape index (κ3) is 15.1. The molecule has 0 saturated carbocycles. The lowest BCUT2D eigenvalue weighted by molar-refractivity contribution is -0.123. The summed E-state index contributed by atoms with van der Waals surface area (Å²) in [6.07, 6.45) is 4.94. The molecule has 1 heterocycles. The van der Waals surface area contributed by atoms with Crippen LogP contribution in [0.25, 0.3) is 0 Å². The highest BCUT2D eigenvalue weighted by Crippen LogP contribution is 2.10. The van der Waals surface area contributed by atoms with Crippen LogP contribution in [0.1, 0.15) is 60.3 Å². The zero-order chi connectivity index (χ0) is 12.8. The van der Waals surface area contributed by atoms with Crippen molar-refractivity contribution in [2.24, 2.45) is 0 Å². The average Bonchev–Trinajstić information content (AvgIpc) is 2.75. The van der Waals surface area contributed by atoms with Crippen LogP contribution in [0.3, 0.4) is 0 Å². The van der Waals surface area contributed by atoms with E-state index >= 15 is 0 Å². The molecule has 1 atom stereocenters. The van der Waals surface area contributed by atoms with Gasteiger partial charge in [-0.1, -0.05) is 28.2 Å². The van der Waals surface area contributed by atoms with Crippen molar-refractivity contribution in [3.63, 3.8) is 0 Å². The molecule has 104 valence electrons. The molecule has 4 nitrogen and oxygen atoms in total. The zero-order valence-electron chi connectivity index (χ0n) is 10.7. The predicted octanol–water partition coefficient (Wildman–Crippen LogP) is 2.86. The molecule has 1 aliphatic rings. The Kier molecular flexibility index (Phi) is 22.0. The Hall–Kier alpha value is -0.900. The fourth-order valence-electron chi connectivity index (χ4n) is 1.59. The lowest BCUT2D eigenvalue weighted by atomic mass is 10.1. The second-order valence-corrected chi connectivity index (χ2v) is 3.39. The van der Waals surface area contributed by atoms with Crippen LogP contribution in [-0.4, -0.2) is 29.9 Å². The van der Waals surface area contributed by atoms with E-state index in [0.29, 0.717) is 11.8 Å². The Balaban J connectivity index is -0.000000286. The Morgan fingerprint density at radius 3 is 2.35 bits per heavy atom. The van der Waals surface area contributed by atoms with Gasteiger partial charge >= 0.3 is 0 Å². The van der Waals surface area contributed by atoms with Crippen LogP contribution in [0.5, 0.6) is 0 Å². The Morgan fingerprint density at radius 2 is 2.00 bits per heavy atom. The SMILES string of the molecule is C.CC.CCCC(=O)CC1CCCN1.O=CO. The molecule has 1 aliphatic heterocycles. The van der Waals surface area contributed by atoms with Gasteiger partial charge in [0.05, 0.1) is 0 Å². The number of carbonyl (C=O) groups excluding carboxylic acids is 1. The van der Waals surface area contributed by atoms with Crippen LogP contribution in [0.4, 0.5) is 0 Å². The molecule has 0 aromatic carbocycles. The molecule has 0 aromatic rings. The highest BCUT2D eigenvalue weighted by molar-refractivity contribution is 5.78. The van der Waals surface area contributed by atoms with Crippen molar-refractivity contribution < 1.29 is 14.7 Å². The maximum Gasteiger partial charge on any atom is 0.290 e. The fourth-order valence-corrected chi connectivity index (χ4v) is 1.59. The third-order valence-electron chi connectivity index (χ3n) is 2.17. The van der Waals surface area contributed by atoms with Gasteiger partial charge in [-0.15, -0.1) is 0 Å². The van der Waals surface area contributed by atoms with E-state index in [9.17, 15) is 4.79 Å². The largest absolute Gasteiger partial charge is 0.483 e. The summed E-state index contributed by atoms with van der Waals surface area (Å²) < 4.78 is 0. The summed E-state index contributed by atoms with van der Waals surface area (Å²) in [7, 11) is 0. The summed E-state index contributed by atoms with van der Waals surface area (Å²) in [5.41, 5.74) is 0. The van der Waals surface area contributed by atoms with Gasteiger partial charge in [-0.3, -0.25) is 9.59 Å². The van der Waals surface area contributed by atoms with E-state index in [1.165, 1.54) is 12.8 Å². The minimum Gasteiger partial charge on any atom is -0.483 e. The van der Waals surface area contributed by atoms with E-state index in [1.54, 1.807) is 0 Å². The van der Waals surface area contributed by atoms with Crippen molar-refractivity contribution in [3.8, 4) is 0 Å². The molecule has 1 rings (SSSR count). The second-order valence-electron chi connectivity index (χ2n) is 3.39. The van der Waals surface area contributed by atoms with E-state index in [-0.39, 0.29) is 13.9 Å². The first kappa shape index (κ1) is 21.4. The highest BCUT2D eigenvalue weighted by Gasteiger charge is 2.16. The van der Waals surface area contributed by atoms with Crippen LogP contribution >= 0.6 is 0 Å². The van der Waals surface area contributed by atoms with E-state index in [2.05, 4.69) is 12.2 Å². The summed E-state index contributed by atoms with van der Waals surface area (Å²) >= 11 is 0. The van der Waals surface area contributed by atoms with Crippen LogP contribution in [-0.2, 0) is 9.59 Å². The molecule has 1 unspecified atom stereocenters. The first-order valence-corrected chi connectivity index (χ1v) is 6.07. The lowest BCUT2D eigenvalue weighted by Crippen LogP contribution is -2.24. The standard InChI is InChI=1S/C9H17NO.C2H6.CH2O2.CH4/c1-2-4-9(11)7-8-5-3-6-10-8;1-2;2-1-3;/h8,10H,2-7H2,1H3;1-2H3;1H,(H,2,3);1H4. The molecule has 0 bridgehead atoms. The van der Waals surface area contributed by atoms with Crippen molar-refractivity contribution >= 4 is 12.3 Å². The van der Waals surface area contributed by atoms with Gasteiger partial charge < -0.3 is 10.4 Å². The van der Waals surface area contributed by atoms with Crippen LogP contribution in [0, 0.1) is 0 Å². The molecule has 0 amide bonds. The summed E-state index contributed by atoms with van der Waals surface area (Å²) in [4.78, 5) is 19.5. The zero-order valence-corrected chi connectivity index (χ0v) is 10.7. The molecular weight excluding hydrogens is 218 g/mol. The van der Waals surface area contributed by atoms with E-state index in [0.717, 1.165) is 25.8 Å². The van der Waals surface area contributed by atoms with Crippen molar-refractivity contribution in [1.29, 1.82) is 0 Å². The van der Waals surface area contributed by atoms with Gasteiger partial charge in [0.1, 0.15) is 5.78 Å². The Labute approximate surface area is 106 Å². The molecule has 0 spiro atoms. The number of hydrogen-bond donors (Lipinski definition) is 2. The molecule has 0 aromatic heterocycles. The molecule has 17 heavy (non-hydrogen) atoms. The fraction of sp³-hybridized carbons (Fsp3) is 0.846. The van der Waals surface area contributed by atoms with E-state index in [1.807, 2.05) is 13.8 Å². The molecule has 2 N–H and O–H groups in total. The summed E-state index contributed by atoms with van der Waals surface area (Å²) in [6, 6.07) is 0.494. The van der Waals surface area contributed by atoms with Crippen molar-refractivity contribution in [2.75, 3.05) is 6.54 Å². The number of carboxylic acid groups (broad SMARTS) is 1. The minimum absolute atomic E-state index is 0. The van der Waals surface area contributed by atoms with Gasteiger partial charge in [-0.05, 0) is 25.8 Å². The van der Waals surface area contributed by atoms with Gasteiger partial charge in [0, 0.05) is 18.9 Å². The molecule has 0 radical (unpaired) electrons. The smallest absolute Gasteiger partial charge is 0.290 e. The number of nitrogens with one attached hydrogen (secondary N) is 1. The predicted molar refractivity (Wildman–Crippen MR) is 72.3 cm³/mol. The van der Waals surface area contributed by atoms with Gasteiger partial charge in [0.2, 0.25) is 0 Å². The van der Waals surface area contributed by atoms with Crippen LogP contribution in [0.15, 0.2) is 0 Å². The first-order valence-electron chi connectivity index (χ1n) is 6.07. The normalized spacial score (nSPS) is 16.5. The topological polar surface area (TPSA) is 66.4 Å². The molecule has 1 fully saturated rings. The van der Waals surface area contributed by atoms with Crippen molar-refractivity contribution in [3.05, 3.63) is 0 Å². The number of Topliss-reactive ketones (excluding diaryl/α,β-unsaturated/α-hetero) is 1. The second kappa shape index (κ2) is 17.5. The first-order chi connectivity index (χ1) is 7.74. The lowest BCUT2D eigenvalue weighted by Gasteiger charge is -2.07. The van der Waals surface area contributed by atoms with Gasteiger partial charge in [-0.2, -0.15) is 0 Å². The summed E-state index contributed by atoms with van der Waals surface area (Å²) in [5.74, 6) is 0.423. The average molecular weight is 247 g/mol. The van der Waals surface area contributed by atoms with Crippen LogP contribution in [0.2, 0.25) is 0 Å². The number of carbonyl (C=O) groups is 2. The Morgan fingerprint density at radius 1 is 1.47 bits per heavy atom. The summed E-state index contributed by atoms with van der Waals surface area (Å²) in [5, 5.41) is 10.2. The highest BCUT2D eigenvalue weighted by atomic mass is 16.3.